The lowest BCUT2D eigenvalue weighted by Crippen LogP contribution is -2.41. The topological polar surface area (TPSA) is 24.1 Å². The Bertz CT molecular complexity index is 147. The summed E-state index contributed by atoms with van der Waals surface area (Å²) in [6.45, 7) is 15.6. The second-order valence-corrected chi connectivity index (χ2v) is 6.00. The average Bonchev–Trinajstić information content (AvgIpc) is 2.07. The molecule has 2 N–H and O–H groups in total. The van der Waals surface area contributed by atoms with Gasteiger partial charge >= 0.3 is 0 Å². The molecule has 92 valence electrons. The van der Waals surface area contributed by atoms with E-state index in [2.05, 4.69) is 52.2 Å². The van der Waals surface area contributed by atoms with Crippen molar-refractivity contribution in [1.29, 1.82) is 0 Å². The molecule has 0 saturated carbocycles. The van der Waals surface area contributed by atoms with E-state index in [1.807, 2.05) is 0 Å². The summed E-state index contributed by atoms with van der Waals surface area (Å²) in [5, 5.41) is 7.03. The first-order valence-electron chi connectivity index (χ1n) is 6.29. The first-order chi connectivity index (χ1) is 6.81. The second-order valence-electron chi connectivity index (χ2n) is 6.00. The van der Waals surface area contributed by atoms with Gasteiger partial charge in [-0.1, -0.05) is 13.8 Å². The fraction of sp³-hybridized carbons (Fsp3) is 1.00. The molecule has 1 atom stereocenters. The van der Waals surface area contributed by atoms with Crippen molar-refractivity contribution in [3.8, 4) is 0 Å². The van der Waals surface area contributed by atoms with E-state index in [9.17, 15) is 0 Å². The molecular formula is C13H30N2. The maximum Gasteiger partial charge on any atom is 0.00970 e. The van der Waals surface area contributed by atoms with E-state index in [0.29, 0.717) is 6.04 Å². The Morgan fingerprint density at radius 1 is 0.933 bits per heavy atom. The van der Waals surface area contributed by atoms with Crippen molar-refractivity contribution >= 4 is 0 Å². The Labute approximate surface area is 96.2 Å². The Kier molecular flexibility index (Phi) is 7.20. The summed E-state index contributed by atoms with van der Waals surface area (Å²) < 4.78 is 0. The molecular weight excluding hydrogens is 184 g/mol. The van der Waals surface area contributed by atoms with Crippen LogP contribution in [0.3, 0.4) is 0 Å². The highest BCUT2D eigenvalue weighted by Gasteiger charge is 2.08. The molecule has 1 unspecified atom stereocenters. The molecule has 0 fully saturated rings. The van der Waals surface area contributed by atoms with Crippen LogP contribution in [0.4, 0.5) is 0 Å². The molecule has 0 amide bonds. The van der Waals surface area contributed by atoms with E-state index in [1.165, 1.54) is 12.8 Å². The standard InChI is InChI=1S/C13H30N2/c1-11(2)7-8-12(3)14-9-10-15-13(4,5)6/h11-12,14-15H,7-10H2,1-6H3. The molecule has 0 aromatic carbocycles. The highest BCUT2D eigenvalue weighted by atomic mass is 15.0. The van der Waals surface area contributed by atoms with Crippen molar-refractivity contribution in [1.82, 2.24) is 10.6 Å². The average molecular weight is 214 g/mol. The molecule has 0 bridgehead atoms. The Hall–Kier alpha value is -0.0800. The van der Waals surface area contributed by atoms with Crippen LogP contribution in [0.5, 0.6) is 0 Å². The predicted molar refractivity (Wildman–Crippen MR) is 69.3 cm³/mol. The Morgan fingerprint density at radius 2 is 1.53 bits per heavy atom. The smallest absolute Gasteiger partial charge is 0.00970 e. The van der Waals surface area contributed by atoms with Gasteiger partial charge in [-0.15, -0.1) is 0 Å². The van der Waals surface area contributed by atoms with Crippen LogP contribution in [-0.4, -0.2) is 24.7 Å². The van der Waals surface area contributed by atoms with Gasteiger partial charge in [0, 0.05) is 24.7 Å². The van der Waals surface area contributed by atoms with Crippen LogP contribution in [0, 0.1) is 5.92 Å². The van der Waals surface area contributed by atoms with Gasteiger partial charge in [-0.05, 0) is 46.5 Å². The van der Waals surface area contributed by atoms with Gasteiger partial charge in [0.05, 0.1) is 0 Å². The minimum atomic E-state index is 0.239. The van der Waals surface area contributed by atoms with Gasteiger partial charge in [0.1, 0.15) is 0 Å². The van der Waals surface area contributed by atoms with Crippen LogP contribution < -0.4 is 10.6 Å². The summed E-state index contributed by atoms with van der Waals surface area (Å²) in [7, 11) is 0. The lowest BCUT2D eigenvalue weighted by atomic mass is 10.0. The monoisotopic (exact) mass is 214 g/mol. The molecule has 15 heavy (non-hydrogen) atoms. The van der Waals surface area contributed by atoms with Crippen LogP contribution in [-0.2, 0) is 0 Å². The number of rotatable bonds is 7. The van der Waals surface area contributed by atoms with Gasteiger partial charge in [0.25, 0.3) is 0 Å². The highest BCUT2D eigenvalue weighted by molar-refractivity contribution is 4.71. The van der Waals surface area contributed by atoms with E-state index >= 15 is 0 Å². The molecule has 0 aromatic rings. The molecule has 2 heteroatoms. The number of hydrogen-bond donors (Lipinski definition) is 2. The van der Waals surface area contributed by atoms with Crippen molar-refractivity contribution in [3.63, 3.8) is 0 Å². The Balaban J connectivity index is 3.35. The van der Waals surface area contributed by atoms with E-state index in [4.69, 9.17) is 0 Å². The van der Waals surface area contributed by atoms with Crippen molar-refractivity contribution < 1.29 is 0 Å². The third kappa shape index (κ3) is 11.8. The van der Waals surface area contributed by atoms with Crippen LogP contribution in [0.25, 0.3) is 0 Å². The van der Waals surface area contributed by atoms with Gasteiger partial charge < -0.3 is 10.6 Å². The zero-order valence-electron chi connectivity index (χ0n) is 11.5. The second kappa shape index (κ2) is 7.24. The summed E-state index contributed by atoms with van der Waals surface area (Å²) in [5.74, 6) is 0.821. The molecule has 0 spiro atoms. The summed E-state index contributed by atoms with van der Waals surface area (Å²) in [6, 6.07) is 0.647. The lowest BCUT2D eigenvalue weighted by Gasteiger charge is -2.22. The van der Waals surface area contributed by atoms with Crippen molar-refractivity contribution in [2.45, 2.75) is 66.0 Å². The Morgan fingerprint density at radius 3 is 2.00 bits per heavy atom. The van der Waals surface area contributed by atoms with Crippen molar-refractivity contribution in [2.75, 3.05) is 13.1 Å². The molecule has 0 radical (unpaired) electrons. The van der Waals surface area contributed by atoms with Crippen LogP contribution in [0.2, 0.25) is 0 Å². The van der Waals surface area contributed by atoms with Crippen LogP contribution in [0.15, 0.2) is 0 Å². The van der Waals surface area contributed by atoms with E-state index in [1.54, 1.807) is 0 Å². The summed E-state index contributed by atoms with van der Waals surface area (Å²) in [5.41, 5.74) is 0.239. The van der Waals surface area contributed by atoms with E-state index < -0.39 is 0 Å². The van der Waals surface area contributed by atoms with Crippen molar-refractivity contribution in [3.05, 3.63) is 0 Å². The summed E-state index contributed by atoms with van der Waals surface area (Å²) >= 11 is 0. The number of hydrogen-bond acceptors (Lipinski definition) is 2. The highest BCUT2D eigenvalue weighted by Crippen LogP contribution is 2.05. The van der Waals surface area contributed by atoms with Crippen molar-refractivity contribution in [2.24, 2.45) is 5.92 Å². The third-order valence-corrected chi connectivity index (χ3v) is 2.45. The quantitative estimate of drug-likeness (QED) is 0.637. The van der Waals surface area contributed by atoms with Gasteiger partial charge in [-0.3, -0.25) is 0 Å². The predicted octanol–water partition coefficient (Wildman–Crippen LogP) is 2.79. The van der Waals surface area contributed by atoms with Crippen LogP contribution in [0.1, 0.15) is 54.4 Å². The maximum atomic E-state index is 3.55. The fourth-order valence-corrected chi connectivity index (χ4v) is 1.44. The molecule has 0 heterocycles. The molecule has 0 aliphatic heterocycles. The minimum Gasteiger partial charge on any atom is -0.313 e. The maximum absolute atomic E-state index is 3.55. The molecule has 2 nitrogen and oxygen atoms in total. The van der Waals surface area contributed by atoms with Gasteiger partial charge in [-0.2, -0.15) is 0 Å². The normalized spacial score (nSPS) is 14.6. The van der Waals surface area contributed by atoms with Gasteiger partial charge in [-0.25, -0.2) is 0 Å². The molecule has 0 rings (SSSR count). The number of nitrogens with one attached hydrogen (secondary N) is 2. The molecule has 0 aromatic heterocycles. The molecule has 0 aliphatic rings. The fourth-order valence-electron chi connectivity index (χ4n) is 1.44. The van der Waals surface area contributed by atoms with Gasteiger partial charge in [0.2, 0.25) is 0 Å². The third-order valence-electron chi connectivity index (χ3n) is 2.45. The first-order valence-corrected chi connectivity index (χ1v) is 6.29. The van der Waals surface area contributed by atoms with Gasteiger partial charge in [0.15, 0.2) is 0 Å². The summed E-state index contributed by atoms with van der Waals surface area (Å²) in [4.78, 5) is 0. The lowest BCUT2D eigenvalue weighted by molar-refractivity contribution is 0.400. The molecule has 0 saturated heterocycles. The van der Waals surface area contributed by atoms with E-state index in [0.717, 1.165) is 19.0 Å². The molecule has 0 aliphatic carbocycles. The first kappa shape index (κ1) is 14.9. The summed E-state index contributed by atoms with van der Waals surface area (Å²) in [6.07, 6.45) is 2.61. The van der Waals surface area contributed by atoms with Crippen LogP contribution >= 0.6 is 0 Å². The minimum absolute atomic E-state index is 0.239. The zero-order chi connectivity index (χ0) is 11.9. The van der Waals surface area contributed by atoms with E-state index in [-0.39, 0.29) is 5.54 Å². The zero-order valence-corrected chi connectivity index (χ0v) is 11.5. The SMILES string of the molecule is CC(C)CCC(C)NCCNC(C)(C)C. The largest absolute Gasteiger partial charge is 0.313 e.